The van der Waals surface area contributed by atoms with Crippen molar-refractivity contribution >= 4 is 39.8 Å². The van der Waals surface area contributed by atoms with E-state index in [1.165, 1.54) is 12.3 Å². The van der Waals surface area contributed by atoms with Crippen LogP contribution in [-0.2, 0) is 4.79 Å². The fourth-order valence-corrected chi connectivity index (χ4v) is 4.62. The molecular weight excluding hydrogens is 483 g/mol. The van der Waals surface area contributed by atoms with Crippen LogP contribution in [0.2, 0.25) is 0 Å². The van der Waals surface area contributed by atoms with Crippen LogP contribution in [0.4, 0.5) is 27.4 Å². The molecule has 0 unspecified atom stereocenters. The third-order valence-electron chi connectivity index (χ3n) is 6.69. The molecule has 0 saturated carbocycles. The summed E-state index contributed by atoms with van der Waals surface area (Å²) in [6.45, 7) is 9.60. The van der Waals surface area contributed by atoms with Crippen LogP contribution in [0.25, 0.3) is 22.2 Å². The molecule has 3 heterocycles. The van der Waals surface area contributed by atoms with E-state index in [1.54, 1.807) is 12.3 Å². The maximum atomic E-state index is 15.4. The smallest absolute Gasteiger partial charge is 0.247 e. The van der Waals surface area contributed by atoms with Crippen molar-refractivity contribution in [2.45, 2.75) is 6.92 Å². The number of aromatic amines is 1. The van der Waals surface area contributed by atoms with Crippen LogP contribution in [-0.4, -0.2) is 58.5 Å². The number of para-hydroxylation sites is 1. The zero-order chi connectivity index (χ0) is 26.6. The number of likely N-dealkylation sites (N-methyl/N-ethyl adjacent to an activating group) is 1. The highest BCUT2D eigenvalue weighted by Gasteiger charge is 2.22. The lowest BCUT2D eigenvalue weighted by molar-refractivity contribution is -0.111. The highest BCUT2D eigenvalue weighted by atomic mass is 19.1. The summed E-state index contributed by atoms with van der Waals surface area (Å²) in [5, 5.41) is 16.4. The van der Waals surface area contributed by atoms with Gasteiger partial charge in [-0.15, -0.1) is 0 Å². The zero-order valence-corrected chi connectivity index (χ0v) is 21.0. The van der Waals surface area contributed by atoms with Gasteiger partial charge in [0.15, 0.2) is 0 Å². The number of fused-ring (bicyclic) bond motifs is 1. The second-order valence-corrected chi connectivity index (χ2v) is 8.90. The molecule has 192 valence electrons. The lowest BCUT2D eigenvalue weighted by Crippen LogP contribution is -2.46. The molecule has 0 spiro atoms. The number of aromatic nitrogens is 3. The van der Waals surface area contributed by atoms with Gasteiger partial charge in [0.25, 0.3) is 0 Å². The van der Waals surface area contributed by atoms with Gasteiger partial charge >= 0.3 is 0 Å². The summed E-state index contributed by atoms with van der Waals surface area (Å²) in [6.07, 6.45) is 4.37. The summed E-state index contributed by atoms with van der Waals surface area (Å²) < 4.78 is 15.4. The second-order valence-electron chi connectivity index (χ2n) is 8.90. The molecule has 1 fully saturated rings. The molecule has 0 atom stereocenters. The van der Waals surface area contributed by atoms with Crippen LogP contribution in [0.15, 0.2) is 61.4 Å². The maximum Gasteiger partial charge on any atom is 0.247 e. The van der Waals surface area contributed by atoms with E-state index >= 15 is 4.39 Å². The number of nitriles is 1. The normalized spacial score (nSPS) is 13.8. The molecule has 1 amide bonds. The summed E-state index contributed by atoms with van der Waals surface area (Å²) >= 11 is 0. The van der Waals surface area contributed by atoms with E-state index in [-0.39, 0.29) is 11.6 Å². The Hall–Kier alpha value is -4.75. The third-order valence-corrected chi connectivity index (χ3v) is 6.69. The van der Waals surface area contributed by atoms with Crippen LogP contribution in [0, 0.1) is 17.1 Å². The molecule has 5 rings (SSSR count). The van der Waals surface area contributed by atoms with Crippen molar-refractivity contribution in [2.24, 2.45) is 0 Å². The number of nitrogens with zero attached hydrogens (tertiary/aromatic N) is 5. The Kier molecular flexibility index (Phi) is 7.02. The van der Waals surface area contributed by atoms with Gasteiger partial charge in [0.2, 0.25) is 11.9 Å². The summed E-state index contributed by atoms with van der Waals surface area (Å²) in [5.74, 6) is -0.705. The number of nitrogens with one attached hydrogen (secondary N) is 3. The molecule has 1 aliphatic heterocycles. The number of benzene rings is 2. The Labute approximate surface area is 219 Å². The summed E-state index contributed by atoms with van der Waals surface area (Å²) in [5.41, 5.74) is 3.44. The van der Waals surface area contributed by atoms with Gasteiger partial charge in [0, 0.05) is 54.9 Å². The predicted molar refractivity (Wildman–Crippen MR) is 147 cm³/mol. The number of rotatable bonds is 7. The van der Waals surface area contributed by atoms with Gasteiger partial charge in [-0.1, -0.05) is 31.7 Å². The first-order valence-electron chi connectivity index (χ1n) is 12.4. The first-order chi connectivity index (χ1) is 18.5. The van der Waals surface area contributed by atoms with Gasteiger partial charge in [-0.05, 0) is 24.8 Å². The molecule has 0 radical (unpaired) electrons. The maximum absolute atomic E-state index is 15.4. The minimum absolute atomic E-state index is 0.155. The minimum Gasteiger partial charge on any atom is -0.367 e. The van der Waals surface area contributed by atoms with E-state index in [1.807, 2.05) is 29.2 Å². The van der Waals surface area contributed by atoms with E-state index in [0.717, 1.165) is 42.2 Å². The zero-order valence-electron chi connectivity index (χ0n) is 21.0. The van der Waals surface area contributed by atoms with E-state index in [4.69, 9.17) is 0 Å². The molecule has 2 aromatic heterocycles. The molecule has 38 heavy (non-hydrogen) atoms. The van der Waals surface area contributed by atoms with Gasteiger partial charge in [-0.3, -0.25) is 4.79 Å². The number of amides is 1. The molecule has 9 nitrogen and oxygen atoms in total. The number of carbonyl (C=O) groups excluding carboxylic acids is 1. The fourth-order valence-electron chi connectivity index (χ4n) is 4.62. The highest BCUT2D eigenvalue weighted by molar-refractivity contribution is 6.02. The first-order valence-corrected chi connectivity index (χ1v) is 12.4. The van der Waals surface area contributed by atoms with Crippen LogP contribution >= 0.6 is 0 Å². The monoisotopic (exact) mass is 510 g/mol. The highest BCUT2D eigenvalue weighted by Crippen LogP contribution is 2.34. The average Bonchev–Trinajstić information content (AvgIpc) is 3.38. The minimum atomic E-state index is -0.431. The number of halogens is 1. The van der Waals surface area contributed by atoms with E-state index in [2.05, 4.69) is 50.1 Å². The SMILES string of the molecule is C=CC(=O)Nc1cc(N2CCN(CC)CC2)c(F)cc1Nc1ncc(C#N)c(-c2c[nH]c3ccccc23)n1. The lowest BCUT2D eigenvalue weighted by Gasteiger charge is -2.36. The number of anilines is 4. The molecule has 0 bridgehead atoms. The quantitative estimate of drug-likeness (QED) is 0.310. The van der Waals surface area contributed by atoms with Gasteiger partial charge in [-0.25, -0.2) is 14.4 Å². The van der Waals surface area contributed by atoms with Gasteiger partial charge in [-0.2, -0.15) is 5.26 Å². The molecule has 4 aromatic rings. The Morgan fingerprint density at radius 2 is 2.03 bits per heavy atom. The van der Waals surface area contributed by atoms with Crippen molar-refractivity contribution < 1.29 is 9.18 Å². The first kappa shape index (κ1) is 24.9. The van der Waals surface area contributed by atoms with E-state index in [0.29, 0.717) is 35.7 Å². The van der Waals surface area contributed by atoms with E-state index < -0.39 is 11.7 Å². The van der Waals surface area contributed by atoms with E-state index in [9.17, 15) is 10.1 Å². The molecule has 1 saturated heterocycles. The van der Waals surface area contributed by atoms with Gasteiger partial charge in [0.1, 0.15) is 11.9 Å². The second kappa shape index (κ2) is 10.7. The molecule has 3 N–H and O–H groups in total. The Bertz CT molecular complexity index is 1550. The Balaban J connectivity index is 1.51. The molecule has 10 heteroatoms. The van der Waals surface area contributed by atoms with Gasteiger partial charge in [0.05, 0.1) is 34.5 Å². The lowest BCUT2D eigenvalue weighted by atomic mass is 10.1. The molecular formula is C28H27FN8O. The largest absolute Gasteiger partial charge is 0.367 e. The van der Waals surface area contributed by atoms with Crippen LogP contribution in [0.1, 0.15) is 12.5 Å². The molecule has 0 aliphatic carbocycles. The Morgan fingerprint density at radius 1 is 1.24 bits per heavy atom. The summed E-state index contributed by atoms with van der Waals surface area (Å²) in [4.78, 5) is 28.6. The number of hydrogen-bond donors (Lipinski definition) is 3. The topological polar surface area (TPSA) is 113 Å². The fraction of sp³-hybridized carbons (Fsp3) is 0.214. The van der Waals surface area contributed by atoms with Crippen LogP contribution in [0.3, 0.4) is 0 Å². The number of hydrogen-bond acceptors (Lipinski definition) is 7. The predicted octanol–water partition coefficient (Wildman–Crippen LogP) is 4.65. The third kappa shape index (κ3) is 4.92. The number of piperazine rings is 1. The number of carbonyl (C=O) groups is 1. The van der Waals surface area contributed by atoms with Crippen molar-refractivity contribution in [1.82, 2.24) is 19.9 Å². The van der Waals surface area contributed by atoms with Crippen molar-refractivity contribution in [3.8, 4) is 17.3 Å². The molecule has 2 aromatic carbocycles. The summed E-state index contributed by atoms with van der Waals surface area (Å²) in [7, 11) is 0. The standard InChI is InChI=1S/C28H27FN8O/c1-3-26(38)33-24-14-25(37-11-9-36(4-2)10-12-37)21(29)13-23(24)34-28-32-16-18(15-30)27(35-28)20-17-31-22-8-6-5-7-19(20)22/h3,5-8,13-14,16-17,31H,1,4,9-12H2,2H3,(H,33,38)(H,32,34,35). The summed E-state index contributed by atoms with van der Waals surface area (Å²) in [6, 6.07) is 12.8. The van der Waals surface area contributed by atoms with Crippen molar-refractivity contribution in [3.05, 3.63) is 72.8 Å². The van der Waals surface area contributed by atoms with Crippen molar-refractivity contribution in [2.75, 3.05) is 48.3 Å². The average molecular weight is 511 g/mol. The molecule has 1 aliphatic rings. The van der Waals surface area contributed by atoms with Crippen LogP contribution in [0.5, 0.6) is 0 Å². The van der Waals surface area contributed by atoms with Crippen molar-refractivity contribution in [3.63, 3.8) is 0 Å². The van der Waals surface area contributed by atoms with Gasteiger partial charge < -0.3 is 25.4 Å². The van der Waals surface area contributed by atoms with Crippen LogP contribution < -0.4 is 15.5 Å². The van der Waals surface area contributed by atoms with Crippen molar-refractivity contribution in [1.29, 1.82) is 5.26 Å². The number of H-pyrrole nitrogens is 1. The Morgan fingerprint density at radius 3 is 2.76 bits per heavy atom.